The van der Waals surface area contributed by atoms with Crippen molar-refractivity contribution in [1.29, 1.82) is 0 Å². The van der Waals surface area contributed by atoms with Crippen LogP contribution < -0.4 is 4.74 Å². The minimum Gasteiger partial charge on any atom is -0.497 e. The highest BCUT2D eigenvalue weighted by atomic mass is 35.5. The Balaban J connectivity index is 1.53. The van der Waals surface area contributed by atoms with Crippen LogP contribution in [0.3, 0.4) is 0 Å². The molecule has 32 heavy (non-hydrogen) atoms. The summed E-state index contributed by atoms with van der Waals surface area (Å²) >= 11 is 6.39. The molecule has 3 aliphatic rings. The zero-order valence-corrected chi connectivity index (χ0v) is 18.8. The number of fused-ring (bicyclic) bond motifs is 1. The van der Waals surface area contributed by atoms with Gasteiger partial charge in [0, 0.05) is 11.9 Å². The number of carbonyl (C=O) groups excluding carboxylic acids is 2. The molecule has 6 heteroatoms. The number of benzene rings is 2. The van der Waals surface area contributed by atoms with Crippen LogP contribution in [0.5, 0.6) is 5.75 Å². The van der Waals surface area contributed by atoms with Crippen molar-refractivity contribution in [2.45, 2.75) is 43.2 Å². The first-order chi connectivity index (χ1) is 15.6. The molecule has 0 spiro atoms. The van der Waals surface area contributed by atoms with E-state index in [2.05, 4.69) is 0 Å². The molecule has 5 nitrogen and oxygen atoms in total. The molecule has 166 valence electrons. The van der Waals surface area contributed by atoms with Gasteiger partial charge in [-0.2, -0.15) is 0 Å². The number of rotatable bonds is 5. The van der Waals surface area contributed by atoms with Crippen LogP contribution >= 0.6 is 11.6 Å². The smallest absolute Gasteiger partial charge is 0.290 e. The largest absolute Gasteiger partial charge is 0.497 e. The molecule has 0 N–H and O–H groups in total. The van der Waals surface area contributed by atoms with Gasteiger partial charge in [-0.25, -0.2) is 0 Å². The van der Waals surface area contributed by atoms with Crippen LogP contribution in [-0.4, -0.2) is 41.7 Å². The lowest BCUT2D eigenvalue weighted by Crippen LogP contribution is -2.41. The maximum Gasteiger partial charge on any atom is 0.290 e. The molecular formula is C26H26ClNO4. The Morgan fingerprint density at radius 2 is 1.91 bits per heavy atom. The maximum atomic E-state index is 13.7. The van der Waals surface area contributed by atoms with Crippen molar-refractivity contribution in [3.8, 4) is 5.75 Å². The Bertz CT molecular complexity index is 1070. The van der Waals surface area contributed by atoms with E-state index in [1.807, 2.05) is 54.6 Å². The highest BCUT2D eigenvalue weighted by molar-refractivity contribution is 6.21. The average Bonchev–Trinajstić information content (AvgIpc) is 3.10. The lowest BCUT2D eigenvalue weighted by molar-refractivity contribution is -0.135. The normalized spacial score (nSPS) is 27.1. The SMILES string of the molecule is COc1cccc(C2C3=C(OC4CCC(Cl)CC4C3=O)C(=O)N2CCc2ccccc2)c1. The fourth-order valence-corrected chi connectivity index (χ4v) is 5.46. The summed E-state index contributed by atoms with van der Waals surface area (Å²) in [6.07, 6.45) is 2.51. The molecule has 1 saturated carbocycles. The number of carbonyl (C=O) groups is 2. The van der Waals surface area contributed by atoms with E-state index >= 15 is 0 Å². The van der Waals surface area contributed by atoms with Crippen LogP contribution in [0, 0.1) is 5.92 Å². The number of Topliss-reactive ketones (excluding diaryl/α,β-unsaturated/α-hetero) is 1. The van der Waals surface area contributed by atoms with Crippen molar-refractivity contribution >= 4 is 23.3 Å². The van der Waals surface area contributed by atoms with E-state index in [9.17, 15) is 9.59 Å². The molecule has 2 aromatic rings. The standard InChI is InChI=1S/C26H26ClNO4/c1-31-19-9-5-8-17(14-19)23-22-24(29)20-15-18(27)10-11-21(20)32-25(22)26(30)28(23)13-12-16-6-3-2-4-7-16/h2-9,14,18,20-21,23H,10-13,15H2,1H3. The number of hydrogen-bond acceptors (Lipinski definition) is 4. The van der Waals surface area contributed by atoms with Crippen molar-refractivity contribution < 1.29 is 19.1 Å². The van der Waals surface area contributed by atoms with Crippen LogP contribution in [0.4, 0.5) is 0 Å². The van der Waals surface area contributed by atoms with Gasteiger partial charge in [-0.15, -0.1) is 11.6 Å². The van der Waals surface area contributed by atoms with Crippen molar-refractivity contribution in [1.82, 2.24) is 4.90 Å². The summed E-state index contributed by atoms with van der Waals surface area (Å²) in [7, 11) is 1.61. The molecular weight excluding hydrogens is 426 g/mol. The van der Waals surface area contributed by atoms with E-state index in [1.165, 1.54) is 0 Å². The van der Waals surface area contributed by atoms with Gasteiger partial charge in [0.25, 0.3) is 5.91 Å². The van der Waals surface area contributed by atoms with Gasteiger partial charge in [-0.3, -0.25) is 9.59 Å². The molecule has 1 fully saturated rings. The number of ether oxygens (including phenoxy) is 2. The average molecular weight is 452 g/mol. The van der Waals surface area contributed by atoms with Gasteiger partial charge in [0.15, 0.2) is 11.5 Å². The van der Waals surface area contributed by atoms with Crippen molar-refractivity contribution in [2.75, 3.05) is 13.7 Å². The molecule has 2 aromatic carbocycles. The predicted molar refractivity (Wildman–Crippen MR) is 121 cm³/mol. The molecule has 2 heterocycles. The number of ketones is 1. The Morgan fingerprint density at radius 1 is 1.09 bits per heavy atom. The fraction of sp³-hybridized carbons (Fsp3) is 0.385. The topological polar surface area (TPSA) is 55.8 Å². The summed E-state index contributed by atoms with van der Waals surface area (Å²) in [5.74, 6) is 0.422. The molecule has 5 rings (SSSR count). The van der Waals surface area contributed by atoms with Crippen LogP contribution in [-0.2, 0) is 20.7 Å². The molecule has 1 aliphatic carbocycles. The number of hydrogen-bond donors (Lipinski definition) is 0. The summed E-state index contributed by atoms with van der Waals surface area (Å²) in [4.78, 5) is 29.0. The Kier molecular flexibility index (Phi) is 5.68. The second-order valence-electron chi connectivity index (χ2n) is 8.69. The first-order valence-corrected chi connectivity index (χ1v) is 11.6. The van der Waals surface area contributed by atoms with Gasteiger partial charge in [0.05, 0.1) is 24.6 Å². The van der Waals surface area contributed by atoms with Gasteiger partial charge in [0.2, 0.25) is 0 Å². The van der Waals surface area contributed by atoms with E-state index < -0.39 is 6.04 Å². The van der Waals surface area contributed by atoms with E-state index in [-0.39, 0.29) is 34.8 Å². The van der Waals surface area contributed by atoms with Gasteiger partial charge in [0.1, 0.15) is 11.9 Å². The predicted octanol–water partition coefficient (Wildman–Crippen LogP) is 4.45. The van der Waals surface area contributed by atoms with Crippen LogP contribution in [0.2, 0.25) is 0 Å². The van der Waals surface area contributed by atoms with Gasteiger partial charge in [-0.05, 0) is 48.9 Å². The number of amides is 1. The molecule has 0 radical (unpaired) electrons. The van der Waals surface area contributed by atoms with Crippen LogP contribution in [0.1, 0.15) is 36.4 Å². The Labute approximate surface area is 193 Å². The highest BCUT2D eigenvalue weighted by Gasteiger charge is 2.52. The van der Waals surface area contributed by atoms with E-state index in [0.29, 0.717) is 37.1 Å². The summed E-state index contributed by atoms with van der Waals surface area (Å²) < 4.78 is 11.6. The fourth-order valence-electron chi connectivity index (χ4n) is 5.15. The molecule has 4 atom stereocenters. The number of alkyl halides is 1. The van der Waals surface area contributed by atoms with Gasteiger partial charge >= 0.3 is 0 Å². The summed E-state index contributed by atoms with van der Waals surface area (Å²) in [6, 6.07) is 17.1. The number of halogens is 1. The Hall–Kier alpha value is -2.79. The third-order valence-corrected chi connectivity index (χ3v) is 7.17. The van der Waals surface area contributed by atoms with Crippen molar-refractivity contribution in [3.05, 3.63) is 77.1 Å². The van der Waals surface area contributed by atoms with E-state index in [1.54, 1.807) is 12.0 Å². The first-order valence-electron chi connectivity index (χ1n) is 11.1. The lowest BCUT2D eigenvalue weighted by atomic mass is 9.77. The molecule has 1 amide bonds. The van der Waals surface area contributed by atoms with Crippen LogP contribution in [0.15, 0.2) is 65.9 Å². The van der Waals surface area contributed by atoms with E-state index in [0.717, 1.165) is 17.5 Å². The van der Waals surface area contributed by atoms with Gasteiger partial charge in [-0.1, -0.05) is 42.5 Å². The van der Waals surface area contributed by atoms with Crippen LogP contribution in [0.25, 0.3) is 0 Å². The molecule has 4 unspecified atom stereocenters. The summed E-state index contributed by atoms with van der Waals surface area (Å²) in [6.45, 7) is 0.488. The zero-order chi connectivity index (χ0) is 22.2. The molecule has 0 saturated heterocycles. The van der Waals surface area contributed by atoms with Crippen molar-refractivity contribution in [3.63, 3.8) is 0 Å². The third kappa shape index (κ3) is 3.69. The Morgan fingerprint density at radius 3 is 2.69 bits per heavy atom. The molecule has 0 bridgehead atoms. The summed E-state index contributed by atoms with van der Waals surface area (Å²) in [5, 5.41) is -0.0347. The highest BCUT2D eigenvalue weighted by Crippen LogP contribution is 2.47. The maximum absolute atomic E-state index is 13.7. The second-order valence-corrected chi connectivity index (χ2v) is 9.31. The van der Waals surface area contributed by atoms with Crippen molar-refractivity contribution in [2.24, 2.45) is 5.92 Å². The van der Waals surface area contributed by atoms with Gasteiger partial charge < -0.3 is 14.4 Å². The molecule has 0 aromatic heterocycles. The monoisotopic (exact) mass is 451 g/mol. The quantitative estimate of drug-likeness (QED) is 0.630. The third-order valence-electron chi connectivity index (χ3n) is 6.77. The van der Waals surface area contributed by atoms with E-state index in [4.69, 9.17) is 21.1 Å². The first kappa shape index (κ1) is 21.1. The number of nitrogens with zero attached hydrogens (tertiary/aromatic N) is 1. The second kappa shape index (κ2) is 8.62. The minimum atomic E-state index is -0.486. The number of methoxy groups -OCH3 is 1. The molecule has 2 aliphatic heterocycles. The lowest BCUT2D eigenvalue weighted by Gasteiger charge is -2.37. The zero-order valence-electron chi connectivity index (χ0n) is 18.0. The minimum absolute atomic E-state index is 0.00461. The summed E-state index contributed by atoms with van der Waals surface area (Å²) in [5.41, 5.74) is 2.47.